The summed E-state index contributed by atoms with van der Waals surface area (Å²) in [6.07, 6.45) is 3.37. The first kappa shape index (κ1) is 14.8. The first-order chi connectivity index (χ1) is 11.2. The van der Waals surface area contributed by atoms with Crippen LogP contribution in [-0.4, -0.2) is 23.2 Å². The average Bonchev–Trinajstić information content (AvgIpc) is 3.04. The topological polar surface area (TPSA) is 77.2 Å². The Bertz CT molecular complexity index is 800. The summed E-state index contributed by atoms with van der Waals surface area (Å²) in [5, 5.41) is 6.72. The molecule has 0 fully saturated rings. The molecule has 116 valence electrons. The Kier molecular flexibility index (Phi) is 4.33. The van der Waals surface area contributed by atoms with Crippen LogP contribution in [0.2, 0.25) is 0 Å². The van der Waals surface area contributed by atoms with Gasteiger partial charge in [0.15, 0.2) is 5.76 Å². The molecule has 0 aliphatic carbocycles. The number of amides is 1. The molecule has 3 aromatic rings. The van der Waals surface area contributed by atoms with Gasteiger partial charge in [0.25, 0.3) is 0 Å². The molecule has 1 amide bonds. The van der Waals surface area contributed by atoms with E-state index in [1.54, 1.807) is 37.7 Å². The van der Waals surface area contributed by atoms with Gasteiger partial charge in [0.2, 0.25) is 5.91 Å². The highest BCUT2D eigenvalue weighted by molar-refractivity contribution is 5.92. The minimum absolute atomic E-state index is 0.135. The Morgan fingerprint density at radius 3 is 2.83 bits per heavy atom. The molecule has 1 N–H and O–H groups in total. The van der Waals surface area contributed by atoms with Crippen LogP contribution in [0.15, 0.2) is 59.4 Å². The predicted octanol–water partition coefficient (Wildman–Crippen LogP) is 2.93. The molecule has 0 saturated heterocycles. The molecule has 0 bridgehead atoms. The predicted molar refractivity (Wildman–Crippen MR) is 85.1 cm³/mol. The Labute approximate surface area is 133 Å². The monoisotopic (exact) mass is 309 g/mol. The quantitative estimate of drug-likeness (QED) is 0.784. The van der Waals surface area contributed by atoms with Crippen molar-refractivity contribution in [2.45, 2.75) is 6.42 Å². The van der Waals surface area contributed by atoms with Crippen LogP contribution in [0.25, 0.3) is 11.3 Å². The van der Waals surface area contributed by atoms with Gasteiger partial charge in [-0.05, 0) is 24.3 Å². The summed E-state index contributed by atoms with van der Waals surface area (Å²) in [4.78, 5) is 15.9. The summed E-state index contributed by atoms with van der Waals surface area (Å²) in [6, 6.07) is 12.7. The van der Waals surface area contributed by atoms with Gasteiger partial charge in [-0.2, -0.15) is 0 Å². The number of pyridine rings is 1. The zero-order valence-corrected chi connectivity index (χ0v) is 12.5. The zero-order chi connectivity index (χ0) is 16.1. The van der Waals surface area contributed by atoms with E-state index in [0.717, 1.165) is 11.3 Å². The third kappa shape index (κ3) is 3.74. The number of methoxy groups -OCH3 is 1. The van der Waals surface area contributed by atoms with Gasteiger partial charge < -0.3 is 14.6 Å². The standard InChI is InChI=1S/C17H15N3O3/c1-22-15-4-2-3-12(9-15)16-10-14(20-23-16)11-17(21)19-13-5-7-18-8-6-13/h2-10H,11H2,1H3,(H,18,19,21). The Hall–Kier alpha value is -3.15. The second-order valence-electron chi connectivity index (χ2n) is 4.88. The molecule has 0 saturated carbocycles. The van der Waals surface area contributed by atoms with Crippen molar-refractivity contribution < 1.29 is 14.1 Å². The maximum Gasteiger partial charge on any atom is 0.230 e. The van der Waals surface area contributed by atoms with Gasteiger partial charge in [-0.3, -0.25) is 9.78 Å². The zero-order valence-electron chi connectivity index (χ0n) is 12.5. The number of carbonyl (C=O) groups is 1. The van der Waals surface area contributed by atoms with Crippen LogP contribution < -0.4 is 10.1 Å². The van der Waals surface area contributed by atoms with E-state index in [0.29, 0.717) is 17.1 Å². The fourth-order valence-corrected chi connectivity index (χ4v) is 2.11. The Balaban J connectivity index is 1.68. The minimum Gasteiger partial charge on any atom is -0.497 e. The van der Waals surface area contributed by atoms with E-state index in [2.05, 4.69) is 15.5 Å². The van der Waals surface area contributed by atoms with Gasteiger partial charge in [-0.15, -0.1) is 0 Å². The van der Waals surface area contributed by atoms with Crippen LogP contribution in [0.4, 0.5) is 5.69 Å². The van der Waals surface area contributed by atoms with Crippen LogP contribution in [0.3, 0.4) is 0 Å². The molecular formula is C17H15N3O3. The van der Waals surface area contributed by atoms with E-state index >= 15 is 0 Å². The van der Waals surface area contributed by atoms with E-state index in [9.17, 15) is 4.79 Å². The van der Waals surface area contributed by atoms with E-state index in [1.165, 1.54) is 0 Å². The van der Waals surface area contributed by atoms with Crippen molar-refractivity contribution >= 4 is 11.6 Å². The number of rotatable bonds is 5. The molecule has 0 aliphatic heterocycles. The fraction of sp³-hybridized carbons (Fsp3) is 0.118. The van der Waals surface area contributed by atoms with Crippen molar-refractivity contribution in [1.29, 1.82) is 0 Å². The summed E-state index contributed by atoms with van der Waals surface area (Å²) >= 11 is 0. The Morgan fingerprint density at radius 2 is 2.04 bits per heavy atom. The molecule has 1 aromatic carbocycles. The molecule has 0 spiro atoms. The molecule has 6 nitrogen and oxygen atoms in total. The SMILES string of the molecule is COc1cccc(-c2cc(CC(=O)Nc3ccncc3)no2)c1. The third-order valence-corrected chi connectivity index (χ3v) is 3.22. The molecule has 23 heavy (non-hydrogen) atoms. The van der Waals surface area contributed by atoms with Gasteiger partial charge in [0.1, 0.15) is 5.75 Å². The van der Waals surface area contributed by atoms with Crippen molar-refractivity contribution in [1.82, 2.24) is 10.1 Å². The van der Waals surface area contributed by atoms with Crippen molar-refractivity contribution in [3.63, 3.8) is 0 Å². The number of ether oxygens (including phenoxy) is 1. The summed E-state index contributed by atoms with van der Waals surface area (Å²) in [5.74, 6) is 1.16. The number of nitrogens with one attached hydrogen (secondary N) is 1. The first-order valence-corrected chi connectivity index (χ1v) is 7.04. The normalized spacial score (nSPS) is 10.3. The molecule has 6 heteroatoms. The maximum atomic E-state index is 12.0. The maximum absolute atomic E-state index is 12.0. The summed E-state index contributed by atoms with van der Waals surface area (Å²) in [5.41, 5.74) is 2.11. The lowest BCUT2D eigenvalue weighted by Gasteiger charge is -2.02. The lowest BCUT2D eigenvalue weighted by Crippen LogP contribution is -2.14. The lowest BCUT2D eigenvalue weighted by atomic mass is 10.1. The smallest absolute Gasteiger partial charge is 0.230 e. The van der Waals surface area contributed by atoms with Crippen molar-refractivity contribution in [3.05, 3.63) is 60.6 Å². The largest absolute Gasteiger partial charge is 0.497 e. The fourth-order valence-electron chi connectivity index (χ4n) is 2.11. The second kappa shape index (κ2) is 6.74. The molecular weight excluding hydrogens is 294 g/mol. The van der Waals surface area contributed by atoms with E-state index < -0.39 is 0 Å². The average molecular weight is 309 g/mol. The number of nitrogens with zero attached hydrogens (tertiary/aromatic N) is 2. The summed E-state index contributed by atoms with van der Waals surface area (Å²) in [7, 11) is 1.61. The van der Waals surface area contributed by atoms with Crippen LogP contribution in [0, 0.1) is 0 Å². The van der Waals surface area contributed by atoms with Gasteiger partial charge in [0.05, 0.1) is 19.2 Å². The molecule has 3 rings (SSSR count). The number of aromatic nitrogens is 2. The minimum atomic E-state index is -0.165. The number of benzene rings is 1. The number of anilines is 1. The number of hydrogen-bond donors (Lipinski definition) is 1. The van der Waals surface area contributed by atoms with Gasteiger partial charge in [0, 0.05) is 29.7 Å². The summed E-state index contributed by atoms with van der Waals surface area (Å²) in [6.45, 7) is 0. The highest BCUT2D eigenvalue weighted by Crippen LogP contribution is 2.24. The molecule has 0 unspecified atom stereocenters. The van der Waals surface area contributed by atoms with Crippen molar-refractivity contribution in [2.24, 2.45) is 0 Å². The molecule has 2 heterocycles. The molecule has 2 aromatic heterocycles. The second-order valence-corrected chi connectivity index (χ2v) is 4.88. The van der Waals surface area contributed by atoms with Crippen LogP contribution in [0.1, 0.15) is 5.69 Å². The van der Waals surface area contributed by atoms with Gasteiger partial charge in [-0.25, -0.2) is 0 Å². The van der Waals surface area contributed by atoms with Crippen molar-refractivity contribution in [3.8, 4) is 17.1 Å². The molecule has 0 atom stereocenters. The molecule has 0 radical (unpaired) electrons. The number of carbonyl (C=O) groups excluding carboxylic acids is 1. The Morgan fingerprint density at radius 1 is 1.22 bits per heavy atom. The van der Waals surface area contributed by atoms with Crippen molar-refractivity contribution in [2.75, 3.05) is 12.4 Å². The number of hydrogen-bond acceptors (Lipinski definition) is 5. The van der Waals surface area contributed by atoms with Crippen LogP contribution >= 0.6 is 0 Å². The highest BCUT2D eigenvalue weighted by Gasteiger charge is 2.11. The van der Waals surface area contributed by atoms with E-state index in [-0.39, 0.29) is 12.3 Å². The van der Waals surface area contributed by atoms with Gasteiger partial charge in [-0.1, -0.05) is 17.3 Å². The lowest BCUT2D eigenvalue weighted by molar-refractivity contribution is -0.115. The van der Waals surface area contributed by atoms with E-state index in [4.69, 9.17) is 9.26 Å². The van der Waals surface area contributed by atoms with Crippen LogP contribution in [-0.2, 0) is 11.2 Å². The molecule has 0 aliphatic rings. The van der Waals surface area contributed by atoms with Crippen LogP contribution in [0.5, 0.6) is 5.75 Å². The highest BCUT2D eigenvalue weighted by atomic mass is 16.5. The summed E-state index contributed by atoms with van der Waals surface area (Å²) < 4.78 is 10.5. The van der Waals surface area contributed by atoms with Gasteiger partial charge >= 0.3 is 0 Å². The van der Waals surface area contributed by atoms with E-state index in [1.807, 2.05) is 24.3 Å². The first-order valence-electron chi connectivity index (χ1n) is 7.04. The third-order valence-electron chi connectivity index (χ3n) is 3.22.